The highest BCUT2D eigenvalue weighted by Gasteiger charge is 2.52. The molecule has 0 saturated carbocycles. The molecule has 0 bridgehead atoms. The maximum Gasteiger partial charge on any atom is 0.495 e. The van der Waals surface area contributed by atoms with Crippen molar-refractivity contribution in [3.8, 4) is 0 Å². The van der Waals surface area contributed by atoms with Gasteiger partial charge in [-0.25, -0.2) is 14.2 Å². The van der Waals surface area contributed by atoms with Crippen LogP contribution in [-0.4, -0.2) is 57.6 Å². The van der Waals surface area contributed by atoms with Crippen LogP contribution in [0.3, 0.4) is 0 Å². The highest BCUT2D eigenvalue weighted by molar-refractivity contribution is 6.62. The van der Waals surface area contributed by atoms with Gasteiger partial charge in [0.2, 0.25) is 0 Å². The zero-order chi connectivity index (χ0) is 25.2. The summed E-state index contributed by atoms with van der Waals surface area (Å²) in [6.45, 7) is 18.7. The number of carbonyl (C=O) groups excluding carboxylic acids is 1. The van der Waals surface area contributed by atoms with Crippen molar-refractivity contribution < 1.29 is 23.2 Å². The average Bonchev–Trinajstić information content (AvgIpc) is 3.35. The summed E-state index contributed by atoms with van der Waals surface area (Å²) < 4.78 is 35.3. The molecule has 34 heavy (non-hydrogen) atoms. The van der Waals surface area contributed by atoms with Crippen molar-refractivity contribution in [1.29, 1.82) is 0 Å². The maximum absolute atomic E-state index is 15.3. The number of hydrogen-bond acceptors (Lipinski definition) is 5. The molecule has 1 atom stereocenters. The third-order valence-corrected chi connectivity index (χ3v) is 7.05. The SMILES string of the molecule is CC(C)n1c([C@H]2CCN(C(=O)OC(C)(C)C)C2)nc2c(F)cc(B3OC(C)(C)C(C)(C)O3)cc21. The van der Waals surface area contributed by atoms with E-state index in [0.717, 1.165) is 12.2 Å². The summed E-state index contributed by atoms with van der Waals surface area (Å²) in [5.74, 6) is 0.396. The van der Waals surface area contributed by atoms with Crippen LogP contribution in [0.2, 0.25) is 0 Å². The second-order valence-electron chi connectivity index (χ2n) is 11.8. The minimum atomic E-state index is -0.656. The van der Waals surface area contributed by atoms with Gasteiger partial charge in [-0.15, -0.1) is 0 Å². The third kappa shape index (κ3) is 4.44. The molecule has 186 valence electrons. The van der Waals surface area contributed by atoms with Crippen LogP contribution in [0.15, 0.2) is 12.1 Å². The predicted octanol–water partition coefficient (Wildman–Crippen LogP) is 4.78. The molecule has 0 spiro atoms. The molecular weight excluding hydrogens is 436 g/mol. The lowest BCUT2D eigenvalue weighted by atomic mass is 9.79. The lowest BCUT2D eigenvalue weighted by molar-refractivity contribution is 0.00578. The van der Waals surface area contributed by atoms with Crippen LogP contribution in [0.25, 0.3) is 11.0 Å². The first-order valence-electron chi connectivity index (χ1n) is 12.1. The Kier molecular flexibility index (Phi) is 6.04. The van der Waals surface area contributed by atoms with Crippen molar-refractivity contribution in [2.24, 2.45) is 0 Å². The highest BCUT2D eigenvalue weighted by atomic mass is 19.1. The van der Waals surface area contributed by atoms with Gasteiger partial charge in [0.15, 0.2) is 5.82 Å². The Morgan fingerprint density at radius 2 is 1.82 bits per heavy atom. The van der Waals surface area contributed by atoms with Crippen LogP contribution in [0.1, 0.15) is 86.5 Å². The molecule has 3 heterocycles. The molecule has 0 N–H and O–H groups in total. The monoisotopic (exact) mass is 473 g/mol. The van der Waals surface area contributed by atoms with Crippen LogP contribution < -0.4 is 5.46 Å². The number of rotatable bonds is 3. The first-order valence-corrected chi connectivity index (χ1v) is 12.1. The van der Waals surface area contributed by atoms with Gasteiger partial charge < -0.3 is 23.5 Å². The lowest BCUT2D eigenvalue weighted by Gasteiger charge is -2.32. The maximum atomic E-state index is 15.3. The van der Waals surface area contributed by atoms with Crippen LogP contribution in [0.5, 0.6) is 0 Å². The number of benzene rings is 1. The fourth-order valence-corrected chi connectivity index (χ4v) is 4.60. The number of carbonyl (C=O) groups is 1. The van der Waals surface area contributed by atoms with E-state index in [-0.39, 0.29) is 18.1 Å². The minimum Gasteiger partial charge on any atom is -0.444 e. The van der Waals surface area contributed by atoms with E-state index in [9.17, 15) is 4.79 Å². The number of imidazole rings is 1. The summed E-state index contributed by atoms with van der Waals surface area (Å²) >= 11 is 0. The van der Waals surface area contributed by atoms with E-state index < -0.39 is 29.7 Å². The molecule has 0 aliphatic carbocycles. The molecule has 2 aliphatic heterocycles. The van der Waals surface area contributed by atoms with Gasteiger partial charge in [0.1, 0.15) is 16.9 Å². The second-order valence-corrected chi connectivity index (χ2v) is 11.8. The zero-order valence-electron chi connectivity index (χ0n) is 21.9. The van der Waals surface area contributed by atoms with Gasteiger partial charge in [-0.2, -0.15) is 0 Å². The van der Waals surface area contributed by atoms with Crippen molar-refractivity contribution in [3.63, 3.8) is 0 Å². The van der Waals surface area contributed by atoms with Crippen LogP contribution in [0, 0.1) is 5.82 Å². The quantitative estimate of drug-likeness (QED) is 0.601. The van der Waals surface area contributed by atoms with Gasteiger partial charge in [0.05, 0.1) is 16.7 Å². The summed E-state index contributed by atoms with van der Waals surface area (Å²) in [5, 5.41) is 0. The van der Waals surface area contributed by atoms with Crippen LogP contribution in [0.4, 0.5) is 9.18 Å². The number of ether oxygens (including phenoxy) is 1. The topological polar surface area (TPSA) is 65.8 Å². The fraction of sp³-hybridized carbons (Fsp3) is 0.680. The molecule has 2 aliphatic rings. The summed E-state index contributed by atoms with van der Waals surface area (Å²) in [7, 11) is -0.656. The Bertz CT molecular complexity index is 1090. The lowest BCUT2D eigenvalue weighted by Crippen LogP contribution is -2.41. The van der Waals surface area contributed by atoms with Crippen LogP contribution in [-0.2, 0) is 14.0 Å². The summed E-state index contributed by atoms with van der Waals surface area (Å²) in [5.41, 5.74) is 0.111. The second kappa shape index (κ2) is 8.23. The molecule has 9 heteroatoms. The van der Waals surface area contributed by atoms with Crippen molar-refractivity contribution in [3.05, 3.63) is 23.8 Å². The Labute approximate surface area is 202 Å². The highest BCUT2D eigenvalue weighted by Crippen LogP contribution is 2.37. The molecule has 2 saturated heterocycles. The molecule has 0 unspecified atom stereocenters. The Morgan fingerprint density at radius 3 is 2.38 bits per heavy atom. The van der Waals surface area contributed by atoms with Crippen LogP contribution >= 0.6 is 0 Å². The molecule has 2 aromatic rings. The minimum absolute atomic E-state index is 0.00187. The van der Waals surface area contributed by atoms with Crippen molar-refractivity contribution in [2.45, 2.75) is 97.5 Å². The molecule has 0 radical (unpaired) electrons. The number of fused-ring (bicyclic) bond motifs is 1. The normalized spacial score (nSPS) is 22.3. The molecule has 4 rings (SSSR count). The van der Waals surface area contributed by atoms with E-state index in [4.69, 9.17) is 19.0 Å². The largest absolute Gasteiger partial charge is 0.495 e. The van der Waals surface area contributed by atoms with Gasteiger partial charge in [-0.05, 0) is 86.3 Å². The number of aromatic nitrogens is 2. The van der Waals surface area contributed by atoms with Crippen molar-refractivity contribution in [1.82, 2.24) is 14.5 Å². The number of halogens is 1. The third-order valence-electron chi connectivity index (χ3n) is 7.05. The Morgan fingerprint density at radius 1 is 1.21 bits per heavy atom. The van der Waals surface area contributed by atoms with E-state index in [2.05, 4.69) is 18.4 Å². The van der Waals surface area contributed by atoms with Crippen molar-refractivity contribution in [2.75, 3.05) is 13.1 Å². The van der Waals surface area contributed by atoms with E-state index in [1.807, 2.05) is 54.5 Å². The summed E-state index contributed by atoms with van der Waals surface area (Å²) in [6.07, 6.45) is 0.428. The molecule has 1 aromatic heterocycles. The zero-order valence-corrected chi connectivity index (χ0v) is 21.9. The van der Waals surface area contributed by atoms with Gasteiger partial charge in [0.25, 0.3) is 0 Å². The Hall–Kier alpha value is -2.13. The molecule has 1 aromatic carbocycles. The Balaban J connectivity index is 1.68. The van der Waals surface area contributed by atoms with E-state index >= 15 is 4.39 Å². The smallest absolute Gasteiger partial charge is 0.444 e. The van der Waals surface area contributed by atoms with E-state index in [0.29, 0.717) is 29.6 Å². The first kappa shape index (κ1) is 25.0. The summed E-state index contributed by atoms with van der Waals surface area (Å²) in [6, 6.07) is 3.45. The number of amides is 1. The predicted molar refractivity (Wildman–Crippen MR) is 131 cm³/mol. The average molecular weight is 473 g/mol. The van der Waals surface area contributed by atoms with E-state index in [1.165, 1.54) is 6.07 Å². The van der Waals surface area contributed by atoms with Gasteiger partial charge in [-0.3, -0.25) is 0 Å². The standard InChI is InChI=1S/C25H37BFN3O4/c1-15(2)30-19-13-17(26-33-24(6,7)25(8,9)34-26)12-18(27)20(19)28-21(30)16-10-11-29(14-16)22(31)32-23(3,4)5/h12-13,15-16H,10-11,14H2,1-9H3/t16-/m0/s1. The van der Waals surface area contributed by atoms with Gasteiger partial charge in [-0.1, -0.05) is 0 Å². The molecule has 1 amide bonds. The first-order chi connectivity index (χ1) is 15.6. The fourth-order valence-electron chi connectivity index (χ4n) is 4.60. The number of likely N-dealkylation sites (tertiary alicyclic amines) is 1. The van der Waals surface area contributed by atoms with Crippen molar-refractivity contribution >= 4 is 29.7 Å². The van der Waals surface area contributed by atoms with E-state index in [1.54, 1.807) is 4.90 Å². The summed E-state index contributed by atoms with van der Waals surface area (Å²) in [4.78, 5) is 19.0. The molecule has 7 nitrogen and oxygen atoms in total. The molecule has 2 fully saturated rings. The van der Waals surface area contributed by atoms with Gasteiger partial charge >= 0.3 is 13.2 Å². The molecular formula is C25H37BFN3O4. The van der Waals surface area contributed by atoms with Gasteiger partial charge in [0, 0.05) is 25.0 Å². The number of nitrogens with zero attached hydrogens (tertiary/aromatic N) is 3. The number of hydrogen-bond donors (Lipinski definition) is 0.